The summed E-state index contributed by atoms with van der Waals surface area (Å²) in [6.45, 7) is 10.0. The highest BCUT2D eigenvalue weighted by Crippen LogP contribution is 2.15. The first-order valence-corrected chi connectivity index (χ1v) is 27.7. The highest BCUT2D eigenvalue weighted by atomic mass is 16.2. The van der Waals surface area contributed by atoms with Gasteiger partial charge in [0.1, 0.15) is 13.1 Å². The van der Waals surface area contributed by atoms with Crippen LogP contribution in [0.25, 0.3) is 0 Å². The van der Waals surface area contributed by atoms with Crippen molar-refractivity contribution in [3.63, 3.8) is 0 Å². The number of hydrogen-bond acceptors (Lipinski definition) is 4. The van der Waals surface area contributed by atoms with E-state index in [4.69, 9.17) is 0 Å². The number of rotatable bonds is 47. The zero-order valence-corrected chi connectivity index (χ0v) is 45.7. The first-order chi connectivity index (χ1) is 31.3. The summed E-state index contributed by atoms with van der Waals surface area (Å²) in [6, 6.07) is 0. The molecule has 12 nitrogen and oxygen atoms in total. The summed E-state index contributed by atoms with van der Waals surface area (Å²) in [7, 11) is 16.5. The van der Waals surface area contributed by atoms with Gasteiger partial charge in [0.05, 0.1) is 82.6 Å². The van der Waals surface area contributed by atoms with Gasteiger partial charge in [-0.05, 0) is 12.8 Å². The smallest absolute Gasteiger partial charge is 0.275 e. The van der Waals surface area contributed by atoms with Crippen LogP contribution in [0, 0.1) is 0 Å². The van der Waals surface area contributed by atoms with Crippen LogP contribution in [0.15, 0.2) is 0 Å². The molecule has 4 amide bonds. The molecular formula is C54H114N8O4+4. The average Bonchev–Trinajstić information content (AvgIpc) is 3.22. The number of unbranched alkanes of at least 4 members (excludes halogenated alkanes) is 26. The van der Waals surface area contributed by atoms with Gasteiger partial charge in [0.25, 0.3) is 23.6 Å². The Hall–Kier alpha value is -2.28. The van der Waals surface area contributed by atoms with Crippen LogP contribution in [0.3, 0.4) is 0 Å². The Morgan fingerprint density at radius 3 is 0.682 bits per heavy atom. The fourth-order valence-electron chi connectivity index (χ4n) is 8.68. The number of quaternary nitrogens is 4. The first kappa shape index (κ1) is 63.7. The lowest BCUT2D eigenvalue weighted by molar-refractivity contribution is -0.949. The van der Waals surface area contributed by atoms with E-state index in [9.17, 15) is 19.2 Å². The van der Waals surface area contributed by atoms with Gasteiger partial charge in [0.15, 0.2) is 26.2 Å². The van der Waals surface area contributed by atoms with Crippen molar-refractivity contribution in [2.75, 3.05) is 135 Å². The number of nitrogens with one attached hydrogen (secondary N) is 4. The number of carbonyl (C=O) groups excluding carboxylic acids is 4. The molecule has 0 spiro atoms. The van der Waals surface area contributed by atoms with Crippen LogP contribution < -0.4 is 21.3 Å². The van der Waals surface area contributed by atoms with Gasteiger partial charge in [-0.1, -0.05) is 181 Å². The van der Waals surface area contributed by atoms with E-state index in [1.807, 2.05) is 14.1 Å². The van der Waals surface area contributed by atoms with Gasteiger partial charge < -0.3 is 39.2 Å². The average molecular weight is 940 g/mol. The SMILES string of the molecule is CCCCCCCCCCCCCCCCNC(=O)C[N+](C)(CC[N+](C)(CC(=O)NCCCCCCCCCCCCCCCC)CC(=O)NCC[N+](C)(C)C)CC(=O)NCC[N+](C)(C)C. The molecule has 12 heteroatoms. The largest absolute Gasteiger partial charge is 0.351 e. The second-order valence-electron chi connectivity index (χ2n) is 22.9. The second kappa shape index (κ2) is 39.6. The Kier molecular flexibility index (Phi) is 38.2. The summed E-state index contributed by atoms with van der Waals surface area (Å²) in [4.78, 5) is 53.9. The third kappa shape index (κ3) is 43.0. The number of nitrogens with zero attached hydrogens (tertiary/aromatic N) is 4. The third-order valence-electron chi connectivity index (χ3n) is 13.2. The molecule has 0 aliphatic heterocycles. The summed E-state index contributed by atoms with van der Waals surface area (Å²) >= 11 is 0. The molecule has 0 heterocycles. The standard InChI is InChI=1S/C54H110N8O4/c1-11-13-15-17-19-21-23-25-27-29-31-33-35-37-39-55-51(63)47-61(9,49-53(65)57-41-43-59(3,4)5)45-46-62(10,50-54(66)58-42-44-60(6,7)8)48-52(64)56-40-38-36-34-32-30-28-26-24-22-20-18-16-14-12-2/h11-50H2,1-10H3/p+4. The lowest BCUT2D eigenvalue weighted by Crippen LogP contribution is -2.62. The highest BCUT2D eigenvalue weighted by molar-refractivity contribution is 5.80. The highest BCUT2D eigenvalue weighted by Gasteiger charge is 2.36. The van der Waals surface area contributed by atoms with Crippen molar-refractivity contribution in [2.24, 2.45) is 0 Å². The molecule has 0 bridgehead atoms. The molecule has 0 aliphatic rings. The molecule has 0 rings (SSSR count). The van der Waals surface area contributed by atoms with Gasteiger partial charge in [-0.3, -0.25) is 19.2 Å². The zero-order valence-electron chi connectivity index (χ0n) is 45.7. The minimum absolute atomic E-state index is 0.0653. The first-order valence-electron chi connectivity index (χ1n) is 27.7. The number of amides is 4. The Bertz CT molecular complexity index is 1130. The summed E-state index contributed by atoms with van der Waals surface area (Å²) in [5.74, 6) is -0.318. The molecule has 2 atom stereocenters. The zero-order chi connectivity index (χ0) is 49.4. The molecule has 0 fully saturated rings. The van der Waals surface area contributed by atoms with Crippen LogP contribution >= 0.6 is 0 Å². The maximum Gasteiger partial charge on any atom is 0.275 e. The van der Waals surface area contributed by atoms with Crippen LogP contribution in [0.1, 0.15) is 194 Å². The quantitative estimate of drug-likeness (QED) is 0.0361. The van der Waals surface area contributed by atoms with E-state index in [-0.39, 0.29) is 58.8 Å². The van der Waals surface area contributed by atoms with Gasteiger partial charge >= 0.3 is 0 Å². The van der Waals surface area contributed by atoms with Gasteiger partial charge in [-0.25, -0.2) is 0 Å². The van der Waals surface area contributed by atoms with Gasteiger partial charge in [0, 0.05) is 13.1 Å². The molecule has 0 aromatic heterocycles. The van der Waals surface area contributed by atoms with Crippen molar-refractivity contribution in [3.05, 3.63) is 0 Å². The van der Waals surface area contributed by atoms with Gasteiger partial charge in [-0.15, -0.1) is 0 Å². The normalized spacial score (nSPS) is 13.8. The number of likely N-dealkylation sites (N-methyl/N-ethyl adjacent to an activating group) is 4. The van der Waals surface area contributed by atoms with E-state index in [1.165, 1.54) is 154 Å². The molecule has 0 aromatic carbocycles. The molecule has 2 unspecified atom stereocenters. The maximum atomic E-state index is 13.5. The van der Waals surface area contributed by atoms with E-state index in [2.05, 4.69) is 77.4 Å². The summed E-state index contributed by atoms with van der Waals surface area (Å²) < 4.78 is 1.86. The van der Waals surface area contributed by atoms with Crippen molar-refractivity contribution >= 4 is 23.6 Å². The molecule has 0 radical (unpaired) electrons. The van der Waals surface area contributed by atoms with E-state index >= 15 is 0 Å². The second-order valence-corrected chi connectivity index (χ2v) is 22.9. The molecule has 390 valence electrons. The topological polar surface area (TPSA) is 116 Å². The third-order valence-corrected chi connectivity index (χ3v) is 13.2. The van der Waals surface area contributed by atoms with Crippen LogP contribution in [-0.2, 0) is 19.2 Å². The summed E-state index contributed by atoms with van der Waals surface area (Å²) in [5.41, 5.74) is 0. The molecule has 0 saturated carbocycles. The monoisotopic (exact) mass is 939 g/mol. The van der Waals surface area contributed by atoms with Crippen molar-refractivity contribution < 1.29 is 37.1 Å². The van der Waals surface area contributed by atoms with Gasteiger partial charge in [0.2, 0.25) is 0 Å². The predicted molar refractivity (Wildman–Crippen MR) is 280 cm³/mol. The van der Waals surface area contributed by atoms with Crippen molar-refractivity contribution in [3.8, 4) is 0 Å². The lowest BCUT2D eigenvalue weighted by atomic mass is 10.0. The van der Waals surface area contributed by atoms with Crippen LogP contribution in [-0.4, -0.2) is 176 Å². The van der Waals surface area contributed by atoms with Crippen LogP contribution in [0.2, 0.25) is 0 Å². The lowest BCUT2D eigenvalue weighted by Gasteiger charge is -2.39. The molecule has 0 aromatic rings. The molecule has 4 N–H and O–H groups in total. The van der Waals surface area contributed by atoms with Crippen LogP contribution in [0.4, 0.5) is 0 Å². The maximum absolute atomic E-state index is 13.5. The summed E-state index contributed by atoms with van der Waals surface area (Å²) in [5, 5.41) is 12.5. The van der Waals surface area contributed by atoms with E-state index < -0.39 is 0 Å². The Morgan fingerprint density at radius 2 is 0.470 bits per heavy atom. The number of carbonyl (C=O) groups is 4. The van der Waals surface area contributed by atoms with E-state index in [0.29, 0.717) is 39.3 Å². The molecule has 0 saturated heterocycles. The predicted octanol–water partition coefficient (Wildman–Crippen LogP) is 8.72. The fraction of sp³-hybridized carbons (Fsp3) is 0.926. The Labute approximate surface area is 409 Å². The van der Waals surface area contributed by atoms with Crippen molar-refractivity contribution in [2.45, 2.75) is 194 Å². The Morgan fingerprint density at radius 1 is 0.273 bits per heavy atom. The minimum Gasteiger partial charge on any atom is -0.351 e. The summed E-state index contributed by atoms with van der Waals surface area (Å²) in [6.07, 6.45) is 36.2. The molecule has 0 aliphatic carbocycles. The van der Waals surface area contributed by atoms with Crippen LogP contribution in [0.5, 0.6) is 0 Å². The van der Waals surface area contributed by atoms with Crippen molar-refractivity contribution in [1.82, 2.24) is 21.3 Å². The number of hydrogen-bond donors (Lipinski definition) is 4. The molecule has 66 heavy (non-hydrogen) atoms. The fourth-order valence-corrected chi connectivity index (χ4v) is 8.68. The van der Waals surface area contributed by atoms with Gasteiger partial charge in [-0.2, -0.15) is 0 Å². The molecular weight excluding hydrogens is 825 g/mol. The van der Waals surface area contributed by atoms with Crippen molar-refractivity contribution in [1.29, 1.82) is 0 Å². The van der Waals surface area contributed by atoms with E-state index in [0.717, 1.165) is 47.7 Å². The Balaban J connectivity index is 5.26. The minimum atomic E-state index is -0.0936. The van der Waals surface area contributed by atoms with E-state index in [1.54, 1.807) is 0 Å².